The molecule has 48 valence electrons. The van der Waals surface area contributed by atoms with Gasteiger partial charge in [0.25, 0.3) is 0 Å². The van der Waals surface area contributed by atoms with Gasteiger partial charge in [0, 0.05) is 12.1 Å². The van der Waals surface area contributed by atoms with Gasteiger partial charge in [-0.2, -0.15) is 0 Å². The first kappa shape index (κ1) is 7.66. The summed E-state index contributed by atoms with van der Waals surface area (Å²) in [5.41, 5.74) is 10.8. The second-order valence-electron chi connectivity index (χ2n) is 2.10. The lowest BCUT2D eigenvalue weighted by Crippen LogP contribution is -2.15. The van der Waals surface area contributed by atoms with Gasteiger partial charge in [-0.15, -0.1) is 0 Å². The van der Waals surface area contributed by atoms with E-state index in [2.05, 4.69) is 0 Å². The molecule has 2 unspecified atom stereocenters. The van der Waals surface area contributed by atoms with E-state index >= 15 is 0 Å². The Morgan fingerprint density at radius 1 is 1.00 bits per heavy atom. The van der Waals surface area contributed by atoms with Gasteiger partial charge < -0.3 is 11.5 Å². The van der Waals surface area contributed by atoms with Crippen LogP contribution in [0.3, 0.4) is 0 Å². The molecule has 0 aromatic heterocycles. The fourth-order valence-electron chi connectivity index (χ4n) is 0.351. The van der Waals surface area contributed by atoms with Crippen LogP contribution in [0.5, 0.6) is 0 Å². The summed E-state index contributed by atoms with van der Waals surface area (Å²) in [6.07, 6.45) is 3.79. The zero-order valence-electron chi connectivity index (χ0n) is 5.46. The first-order valence-electron chi connectivity index (χ1n) is 2.82. The van der Waals surface area contributed by atoms with Crippen LogP contribution in [0.4, 0.5) is 0 Å². The highest BCUT2D eigenvalue weighted by Gasteiger charge is 1.85. The van der Waals surface area contributed by atoms with Gasteiger partial charge >= 0.3 is 0 Å². The number of hydrogen-bond acceptors (Lipinski definition) is 2. The molecule has 0 rings (SSSR count). The van der Waals surface area contributed by atoms with Gasteiger partial charge in [-0.1, -0.05) is 12.2 Å². The van der Waals surface area contributed by atoms with Crippen molar-refractivity contribution >= 4 is 0 Å². The third kappa shape index (κ3) is 5.66. The minimum atomic E-state index is 0.126. The van der Waals surface area contributed by atoms with E-state index in [1.165, 1.54) is 0 Å². The molecule has 0 heterocycles. The van der Waals surface area contributed by atoms with Crippen LogP contribution >= 0.6 is 0 Å². The SMILES string of the molecule is CC(N)/C=C/C(C)N. The Labute approximate surface area is 50.6 Å². The van der Waals surface area contributed by atoms with Crippen molar-refractivity contribution in [3.05, 3.63) is 12.2 Å². The third-order valence-corrected chi connectivity index (χ3v) is 0.718. The number of hydrogen-bond donors (Lipinski definition) is 2. The van der Waals surface area contributed by atoms with Crippen molar-refractivity contribution in [2.24, 2.45) is 11.5 Å². The van der Waals surface area contributed by atoms with Crippen molar-refractivity contribution < 1.29 is 0 Å². The van der Waals surface area contributed by atoms with Crippen LogP contribution in [0, 0.1) is 0 Å². The molecule has 0 fully saturated rings. The smallest absolute Gasteiger partial charge is 0.0195 e. The van der Waals surface area contributed by atoms with Crippen LogP contribution in [0.15, 0.2) is 12.2 Å². The summed E-state index contributed by atoms with van der Waals surface area (Å²) >= 11 is 0. The summed E-state index contributed by atoms with van der Waals surface area (Å²) in [6, 6.07) is 0.252. The quantitative estimate of drug-likeness (QED) is 0.505. The van der Waals surface area contributed by atoms with Crippen LogP contribution in [0.1, 0.15) is 13.8 Å². The van der Waals surface area contributed by atoms with Crippen LogP contribution in [0.25, 0.3) is 0 Å². The molecule has 0 aromatic carbocycles. The molecule has 2 atom stereocenters. The van der Waals surface area contributed by atoms with Crippen molar-refractivity contribution in [3.63, 3.8) is 0 Å². The maximum Gasteiger partial charge on any atom is 0.0195 e. The average molecular weight is 114 g/mol. The highest BCUT2D eigenvalue weighted by Crippen LogP contribution is 1.81. The molecule has 2 heteroatoms. The maximum atomic E-state index is 5.40. The molecule has 0 bridgehead atoms. The van der Waals surface area contributed by atoms with E-state index < -0.39 is 0 Å². The van der Waals surface area contributed by atoms with Crippen molar-refractivity contribution in [2.75, 3.05) is 0 Å². The zero-order chi connectivity index (χ0) is 6.57. The van der Waals surface area contributed by atoms with E-state index in [9.17, 15) is 0 Å². The Bertz CT molecular complexity index is 64.6. The predicted molar refractivity (Wildman–Crippen MR) is 36.4 cm³/mol. The molecule has 0 saturated heterocycles. The zero-order valence-corrected chi connectivity index (χ0v) is 5.46. The molecular formula is C6H14N2. The Kier molecular flexibility index (Phi) is 3.48. The van der Waals surface area contributed by atoms with Crippen molar-refractivity contribution in [1.82, 2.24) is 0 Å². The second kappa shape index (κ2) is 3.64. The summed E-state index contributed by atoms with van der Waals surface area (Å²) in [6.45, 7) is 3.83. The van der Waals surface area contributed by atoms with Crippen molar-refractivity contribution in [2.45, 2.75) is 25.9 Å². The lowest BCUT2D eigenvalue weighted by molar-refractivity contribution is 0.877. The van der Waals surface area contributed by atoms with Crippen molar-refractivity contribution in [1.29, 1.82) is 0 Å². The molecule has 4 N–H and O–H groups in total. The molecular weight excluding hydrogens is 100 g/mol. The van der Waals surface area contributed by atoms with Crippen molar-refractivity contribution in [3.8, 4) is 0 Å². The molecule has 0 radical (unpaired) electrons. The number of nitrogens with two attached hydrogens (primary N) is 2. The third-order valence-electron chi connectivity index (χ3n) is 0.718. The van der Waals surface area contributed by atoms with Gasteiger partial charge in [-0.05, 0) is 13.8 Å². The Hall–Kier alpha value is -0.340. The van der Waals surface area contributed by atoms with Crippen LogP contribution in [-0.2, 0) is 0 Å². The van der Waals surface area contributed by atoms with Gasteiger partial charge in [-0.3, -0.25) is 0 Å². The Morgan fingerprint density at radius 2 is 1.25 bits per heavy atom. The summed E-state index contributed by atoms with van der Waals surface area (Å²) in [5, 5.41) is 0. The minimum absolute atomic E-state index is 0.126. The lowest BCUT2D eigenvalue weighted by atomic mass is 10.2. The highest BCUT2D eigenvalue weighted by molar-refractivity contribution is 4.93. The Morgan fingerprint density at radius 3 is 1.38 bits per heavy atom. The van der Waals surface area contributed by atoms with E-state index in [1.807, 2.05) is 26.0 Å². The molecule has 0 amide bonds. The fraction of sp³-hybridized carbons (Fsp3) is 0.667. The summed E-state index contributed by atoms with van der Waals surface area (Å²) in [4.78, 5) is 0. The van der Waals surface area contributed by atoms with Gasteiger partial charge in [0.2, 0.25) is 0 Å². The number of rotatable bonds is 2. The molecule has 2 nitrogen and oxygen atoms in total. The van der Waals surface area contributed by atoms with E-state index in [1.54, 1.807) is 0 Å². The predicted octanol–water partition coefficient (Wildman–Crippen LogP) is 0.237. The normalized spacial score (nSPS) is 19.0. The first-order chi connectivity index (χ1) is 3.63. The fourth-order valence-corrected chi connectivity index (χ4v) is 0.351. The van der Waals surface area contributed by atoms with E-state index in [-0.39, 0.29) is 12.1 Å². The topological polar surface area (TPSA) is 52.0 Å². The second-order valence-corrected chi connectivity index (χ2v) is 2.10. The average Bonchev–Trinajstić information content (AvgIpc) is 1.61. The highest BCUT2D eigenvalue weighted by atomic mass is 14.6. The molecule has 0 aliphatic heterocycles. The van der Waals surface area contributed by atoms with E-state index in [4.69, 9.17) is 11.5 Å². The Balaban J connectivity index is 3.34. The van der Waals surface area contributed by atoms with Crippen LogP contribution in [-0.4, -0.2) is 12.1 Å². The van der Waals surface area contributed by atoms with Crippen LogP contribution in [0.2, 0.25) is 0 Å². The lowest BCUT2D eigenvalue weighted by Gasteiger charge is -1.96. The summed E-state index contributed by atoms with van der Waals surface area (Å²) in [5.74, 6) is 0. The van der Waals surface area contributed by atoms with Gasteiger partial charge in [-0.25, -0.2) is 0 Å². The summed E-state index contributed by atoms with van der Waals surface area (Å²) < 4.78 is 0. The van der Waals surface area contributed by atoms with E-state index in [0.717, 1.165) is 0 Å². The molecule has 8 heavy (non-hydrogen) atoms. The van der Waals surface area contributed by atoms with Crippen LogP contribution < -0.4 is 11.5 Å². The monoisotopic (exact) mass is 114 g/mol. The van der Waals surface area contributed by atoms with Gasteiger partial charge in [0.1, 0.15) is 0 Å². The summed E-state index contributed by atoms with van der Waals surface area (Å²) in [7, 11) is 0. The first-order valence-corrected chi connectivity index (χ1v) is 2.82. The maximum absolute atomic E-state index is 5.40. The molecule has 0 spiro atoms. The van der Waals surface area contributed by atoms with Gasteiger partial charge in [0.15, 0.2) is 0 Å². The molecule has 0 aromatic rings. The standard InChI is InChI=1S/C6H14N2/c1-5(7)3-4-6(2)8/h3-6H,7-8H2,1-2H3/b4-3+. The largest absolute Gasteiger partial charge is 0.325 e. The van der Waals surface area contributed by atoms with Gasteiger partial charge in [0.05, 0.1) is 0 Å². The molecule has 0 saturated carbocycles. The molecule has 0 aliphatic rings. The molecule has 0 aliphatic carbocycles. The minimum Gasteiger partial charge on any atom is -0.325 e. The van der Waals surface area contributed by atoms with E-state index in [0.29, 0.717) is 0 Å².